The molecule has 0 aliphatic carbocycles. The van der Waals surface area contributed by atoms with E-state index in [0.29, 0.717) is 0 Å². The molecule has 0 radical (unpaired) electrons. The summed E-state index contributed by atoms with van der Waals surface area (Å²) in [7, 11) is -4.19. The monoisotopic (exact) mass is 233 g/mol. The van der Waals surface area contributed by atoms with Crippen molar-refractivity contribution in [2.45, 2.75) is 25.7 Å². The van der Waals surface area contributed by atoms with Crippen LogP contribution in [0.3, 0.4) is 0 Å². The highest BCUT2D eigenvalue weighted by Gasteiger charge is 2.10. The summed E-state index contributed by atoms with van der Waals surface area (Å²) >= 11 is 0. The van der Waals surface area contributed by atoms with Crippen molar-refractivity contribution in [2.24, 2.45) is 0 Å². The van der Waals surface area contributed by atoms with Crippen molar-refractivity contribution in [2.75, 3.05) is 0 Å². The second kappa shape index (κ2) is 6.49. The molecule has 0 aliphatic rings. The van der Waals surface area contributed by atoms with Crippen LogP contribution in [0.5, 0.6) is 0 Å². The second-order valence-corrected chi connectivity index (χ2v) is 4.54. The number of hydrogen-bond acceptors (Lipinski definition) is 4. The third kappa shape index (κ3) is 7.01. The summed E-state index contributed by atoms with van der Waals surface area (Å²) in [6.45, 7) is 3.10. The number of aryl methyl sites for hydroxylation is 1. The van der Waals surface area contributed by atoms with Gasteiger partial charge in [-0.25, -0.2) is 0 Å². The van der Waals surface area contributed by atoms with E-state index in [1.54, 1.807) is 0 Å². The zero-order chi connectivity index (χ0) is 11.9. The van der Waals surface area contributed by atoms with Gasteiger partial charge in [-0.15, -0.1) is 0 Å². The van der Waals surface area contributed by atoms with Crippen LogP contribution in [0.4, 0.5) is 0 Å². The molecule has 0 spiro atoms. The average molecular weight is 233 g/mol. The number of nitrogens with zero attached hydrogens (tertiary/aromatic N) is 1. The summed E-state index contributed by atoms with van der Waals surface area (Å²) in [5.41, 5.74) is -0.326. The molecule has 1 aromatic rings. The molecule has 0 aromatic carbocycles. The van der Waals surface area contributed by atoms with E-state index in [4.69, 9.17) is 9.66 Å². The molecule has 6 heteroatoms. The van der Waals surface area contributed by atoms with E-state index < -0.39 is 15.6 Å². The summed E-state index contributed by atoms with van der Waals surface area (Å²) in [6, 6.07) is 4.06. The van der Waals surface area contributed by atoms with Gasteiger partial charge >= 0.3 is 0 Å². The van der Waals surface area contributed by atoms with Crippen molar-refractivity contribution < 1.29 is 18.1 Å². The van der Waals surface area contributed by atoms with Crippen LogP contribution in [0.15, 0.2) is 24.5 Å². The van der Waals surface area contributed by atoms with E-state index >= 15 is 0 Å². The third-order valence-corrected chi connectivity index (χ3v) is 2.45. The van der Waals surface area contributed by atoms with Crippen molar-refractivity contribution in [1.82, 2.24) is 4.98 Å². The van der Waals surface area contributed by atoms with Gasteiger partial charge in [0.25, 0.3) is 10.1 Å². The Morgan fingerprint density at radius 2 is 1.80 bits per heavy atom. The number of aliphatic hydroxyl groups is 1. The smallest absolute Gasteiger partial charge is 0.291 e. The molecule has 0 aliphatic heterocycles. The minimum absolute atomic E-state index is 0.968. The van der Waals surface area contributed by atoms with E-state index in [9.17, 15) is 8.42 Å². The van der Waals surface area contributed by atoms with E-state index in [-0.39, 0.29) is 0 Å². The number of pyridine rings is 1. The molecule has 1 atom stereocenters. The highest BCUT2D eigenvalue weighted by molar-refractivity contribution is 7.86. The summed E-state index contributed by atoms with van der Waals surface area (Å²) in [5.74, 6) is 0. The van der Waals surface area contributed by atoms with Crippen LogP contribution in [0, 0.1) is 0 Å². The number of aliphatic hydroxyl groups excluding tert-OH is 1. The Balaban J connectivity index is 0.000000265. The first kappa shape index (κ1) is 14.0. The molecule has 0 bridgehead atoms. The lowest BCUT2D eigenvalue weighted by atomic mass is 10.2. The fraction of sp³-hybridized carbons (Fsp3) is 0.444. The topological polar surface area (TPSA) is 87.5 Å². The van der Waals surface area contributed by atoms with Crippen molar-refractivity contribution in [3.8, 4) is 0 Å². The Bertz CT molecular complexity index is 361. The summed E-state index contributed by atoms with van der Waals surface area (Å²) in [4.78, 5) is 3.89. The van der Waals surface area contributed by atoms with Gasteiger partial charge in [0.15, 0.2) is 5.44 Å². The Morgan fingerprint density at radius 3 is 2.00 bits per heavy atom. The molecule has 1 rings (SSSR count). The summed E-state index contributed by atoms with van der Waals surface area (Å²) in [6.07, 6.45) is 4.74. The van der Waals surface area contributed by atoms with Crippen molar-refractivity contribution >= 4 is 10.1 Å². The lowest BCUT2D eigenvalue weighted by Gasteiger charge is -1.94. The lowest BCUT2D eigenvalue weighted by molar-refractivity contribution is 0.252. The Labute approximate surface area is 89.5 Å². The maximum absolute atomic E-state index is 9.64. The van der Waals surface area contributed by atoms with Gasteiger partial charge in [0.2, 0.25) is 0 Å². The Kier molecular flexibility index (Phi) is 6.07. The zero-order valence-corrected chi connectivity index (χ0v) is 9.48. The van der Waals surface area contributed by atoms with Gasteiger partial charge < -0.3 is 5.11 Å². The van der Waals surface area contributed by atoms with E-state index in [1.165, 1.54) is 5.56 Å². The maximum Gasteiger partial charge on any atom is 0.291 e. The predicted octanol–water partition coefficient (Wildman–Crippen LogP) is 0.856. The van der Waals surface area contributed by atoms with Crippen molar-refractivity contribution in [3.63, 3.8) is 0 Å². The van der Waals surface area contributed by atoms with Gasteiger partial charge in [0.05, 0.1) is 0 Å². The number of hydrogen-bond donors (Lipinski definition) is 2. The van der Waals surface area contributed by atoms with E-state index in [2.05, 4.69) is 11.9 Å². The molecule has 86 valence electrons. The molecule has 1 aromatic heterocycles. The minimum Gasteiger partial charge on any atom is -0.375 e. The first-order valence-electron chi connectivity index (χ1n) is 4.41. The van der Waals surface area contributed by atoms with Crippen molar-refractivity contribution in [3.05, 3.63) is 30.1 Å². The van der Waals surface area contributed by atoms with Gasteiger partial charge in [-0.3, -0.25) is 9.54 Å². The normalized spacial score (nSPS) is 12.5. The maximum atomic E-state index is 9.64. The van der Waals surface area contributed by atoms with Crippen LogP contribution in [0.25, 0.3) is 0 Å². The molecule has 2 N–H and O–H groups in total. The molecule has 0 amide bonds. The van der Waals surface area contributed by atoms with E-state index in [0.717, 1.165) is 13.3 Å². The third-order valence-electron chi connectivity index (χ3n) is 1.59. The zero-order valence-electron chi connectivity index (χ0n) is 8.66. The molecular formula is C9H15NO4S. The minimum atomic E-state index is -4.19. The molecule has 0 fully saturated rings. The summed E-state index contributed by atoms with van der Waals surface area (Å²) < 4.78 is 27.1. The molecule has 0 saturated heterocycles. The number of aromatic nitrogens is 1. The highest BCUT2D eigenvalue weighted by Crippen LogP contribution is 1.94. The van der Waals surface area contributed by atoms with Crippen LogP contribution < -0.4 is 0 Å². The molecule has 15 heavy (non-hydrogen) atoms. The Morgan fingerprint density at radius 1 is 1.40 bits per heavy atom. The van der Waals surface area contributed by atoms with Gasteiger partial charge in [-0.05, 0) is 31.0 Å². The Hall–Kier alpha value is -0.980. The quantitative estimate of drug-likeness (QED) is 0.740. The molecule has 1 unspecified atom stereocenters. The summed E-state index contributed by atoms with van der Waals surface area (Å²) in [5, 5.41) is 8.05. The first-order valence-corrected chi connectivity index (χ1v) is 5.91. The van der Waals surface area contributed by atoms with Gasteiger partial charge in [0, 0.05) is 12.4 Å². The molecule has 0 saturated carbocycles. The van der Waals surface area contributed by atoms with Gasteiger partial charge in [-0.1, -0.05) is 6.92 Å². The van der Waals surface area contributed by atoms with Crippen LogP contribution >= 0.6 is 0 Å². The highest BCUT2D eigenvalue weighted by atomic mass is 32.2. The fourth-order valence-electron chi connectivity index (χ4n) is 0.618. The van der Waals surface area contributed by atoms with Gasteiger partial charge in [-0.2, -0.15) is 8.42 Å². The van der Waals surface area contributed by atoms with Crippen LogP contribution in [0.1, 0.15) is 19.4 Å². The van der Waals surface area contributed by atoms with Crippen LogP contribution in [-0.2, 0) is 16.5 Å². The second-order valence-electron chi connectivity index (χ2n) is 2.82. The average Bonchev–Trinajstić information content (AvgIpc) is 2.18. The standard InChI is InChI=1S/C7H9N.C2H6O4S/c1-2-7-3-5-8-6-4-7;1-2(3)7(4,5)6/h3-6H,2H2,1H3;2-3H,1H3,(H,4,5,6). The van der Waals surface area contributed by atoms with E-state index in [1.807, 2.05) is 24.5 Å². The molecule has 5 nitrogen and oxygen atoms in total. The van der Waals surface area contributed by atoms with Gasteiger partial charge in [0.1, 0.15) is 0 Å². The van der Waals surface area contributed by atoms with Crippen LogP contribution in [-0.4, -0.2) is 28.5 Å². The SMILES string of the molecule is CC(O)S(=O)(=O)O.CCc1ccncc1. The molecule has 1 heterocycles. The largest absolute Gasteiger partial charge is 0.375 e. The van der Waals surface area contributed by atoms with Crippen molar-refractivity contribution in [1.29, 1.82) is 0 Å². The fourth-order valence-corrected chi connectivity index (χ4v) is 0.618. The number of rotatable bonds is 2. The predicted molar refractivity (Wildman–Crippen MR) is 56.8 cm³/mol. The first-order chi connectivity index (χ1) is 6.88. The van der Waals surface area contributed by atoms with Crippen LogP contribution in [0.2, 0.25) is 0 Å². The molecular weight excluding hydrogens is 218 g/mol. The lowest BCUT2D eigenvalue weighted by Crippen LogP contribution is -2.14.